The van der Waals surface area contributed by atoms with Gasteiger partial charge in [0.05, 0.1) is 16.9 Å². The van der Waals surface area contributed by atoms with Crippen molar-refractivity contribution in [3.63, 3.8) is 0 Å². The van der Waals surface area contributed by atoms with Crippen molar-refractivity contribution in [1.82, 2.24) is 5.32 Å². The lowest BCUT2D eigenvalue weighted by atomic mass is 9.82. The summed E-state index contributed by atoms with van der Waals surface area (Å²) in [5.41, 5.74) is 14.2. The average Bonchev–Trinajstić information content (AvgIpc) is 3.79. The summed E-state index contributed by atoms with van der Waals surface area (Å²) >= 11 is 0. The lowest BCUT2D eigenvalue weighted by molar-refractivity contribution is 0.660. The summed E-state index contributed by atoms with van der Waals surface area (Å²) in [5.74, 6) is 0. The summed E-state index contributed by atoms with van der Waals surface area (Å²) in [6.45, 7) is 9.90. The summed E-state index contributed by atoms with van der Waals surface area (Å²) in [6, 6.07) is 42.3. The van der Waals surface area contributed by atoms with Gasteiger partial charge in [-0.25, -0.2) is 0 Å². The zero-order valence-electron chi connectivity index (χ0n) is 25.3. The number of hydrogen-bond donors (Lipinski definition) is 1. The molecule has 0 saturated carbocycles. The topological polar surface area (TPSA) is 28.4 Å². The maximum atomic E-state index is 3.75. The second-order valence-electron chi connectivity index (χ2n) is 12.3. The van der Waals surface area contributed by atoms with Gasteiger partial charge in [0.1, 0.15) is 0 Å². The van der Waals surface area contributed by atoms with Gasteiger partial charge in [-0.05, 0) is 70.8 Å². The van der Waals surface area contributed by atoms with Gasteiger partial charge in [0.15, 0.2) is 0 Å². The molecule has 5 aromatic rings. The van der Waals surface area contributed by atoms with E-state index >= 15 is 0 Å². The van der Waals surface area contributed by atoms with Gasteiger partial charge in [-0.15, -0.1) is 0 Å². The summed E-state index contributed by atoms with van der Waals surface area (Å²) in [7, 11) is 2.19. The number of nitrogens with one attached hydrogen (secondary N) is 1. The second-order valence-corrected chi connectivity index (χ2v) is 12.3. The van der Waals surface area contributed by atoms with Crippen LogP contribution >= 0.6 is 0 Å². The average molecular weight is 550 g/mol. The molecule has 1 aliphatic carbocycles. The van der Waals surface area contributed by atoms with Gasteiger partial charge in [-0.1, -0.05) is 101 Å². The highest BCUT2D eigenvalue weighted by Gasteiger charge is 2.52. The molecule has 1 unspecified atom stereocenters. The van der Waals surface area contributed by atoms with Crippen LogP contribution in [0.15, 0.2) is 115 Å². The third kappa shape index (κ3) is 3.91. The number of benzene rings is 5. The van der Waals surface area contributed by atoms with Crippen LogP contribution < -0.4 is 15.1 Å². The number of rotatable bonds is 3. The monoisotopic (exact) mass is 549 g/mol. The van der Waals surface area contributed by atoms with Gasteiger partial charge in [0.2, 0.25) is 0 Å². The third-order valence-electron chi connectivity index (χ3n) is 9.17. The maximum absolute atomic E-state index is 3.75. The van der Waals surface area contributed by atoms with Crippen molar-refractivity contribution in [2.45, 2.75) is 45.1 Å². The molecule has 210 valence electrons. The van der Waals surface area contributed by atoms with Gasteiger partial charge in [0, 0.05) is 47.2 Å². The molecule has 42 heavy (non-hydrogen) atoms. The minimum absolute atomic E-state index is 0.0134. The predicted octanol–water partition coefficient (Wildman–Crippen LogP) is 9.81. The van der Waals surface area contributed by atoms with Gasteiger partial charge in [-0.2, -0.15) is 0 Å². The Morgan fingerprint density at radius 1 is 0.643 bits per heavy atom. The smallest absolute Gasteiger partial charge is 0.0859 e. The fourth-order valence-electron chi connectivity index (χ4n) is 6.95. The van der Waals surface area contributed by atoms with Crippen molar-refractivity contribution in [2.75, 3.05) is 23.4 Å². The van der Waals surface area contributed by atoms with E-state index in [0.29, 0.717) is 0 Å². The Morgan fingerprint density at radius 2 is 1.19 bits per heavy atom. The second kappa shape index (κ2) is 9.89. The van der Waals surface area contributed by atoms with E-state index in [-0.39, 0.29) is 11.0 Å². The molecule has 1 N–H and O–H groups in total. The highest BCUT2D eigenvalue weighted by Crippen LogP contribution is 2.56. The molecule has 1 fully saturated rings. The van der Waals surface area contributed by atoms with E-state index in [1.54, 1.807) is 0 Å². The van der Waals surface area contributed by atoms with Crippen molar-refractivity contribution in [2.24, 2.45) is 0 Å². The van der Waals surface area contributed by atoms with E-state index in [1.807, 2.05) is 0 Å². The fraction of sp³-hybridized carbons (Fsp3) is 0.231. The van der Waals surface area contributed by atoms with Gasteiger partial charge < -0.3 is 9.80 Å². The first-order chi connectivity index (χ1) is 20.4. The molecule has 1 spiro atoms. The van der Waals surface area contributed by atoms with Gasteiger partial charge in [-0.3, -0.25) is 5.32 Å². The Balaban J connectivity index is 0.000000923. The molecule has 3 heteroatoms. The van der Waals surface area contributed by atoms with Crippen molar-refractivity contribution in [3.8, 4) is 11.1 Å². The SMILES string of the molecule is CCC.CN(c1ccc2c(c1)C(C)(C)c1ccccc1-2)c1ccc2c(c1)C1(CN1)c1ccccc1N2c1ccccc1. The molecule has 1 saturated heterocycles. The normalized spacial score (nSPS) is 18.3. The van der Waals surface area contributed by atoms with Crippen LogP contribution in [0.25, 0.3) is 11.1 Å². The zero-order valence-corrected chi connectivity index (χ0v) is 25.3. The molecule has 0 amide bonds. The van der Waals surface area contributed by atoms with Crippen LogP contribution in [0.3, 0.4) is 0 Å². The van der Waals surface area contributed by atoms with Crippen LogP contribution in [0, 0.1) is 0 Å². The Morgan fingerprint density at radius 3 is 1.90 bits per heavy atom. The maximum Gasteiger partial charge on any atom is 0.0859 e. The number of para-hydroxylation sites is 2. The Bertz CT molecular complexity index is 1780. The Kier molecular flexibility index (Phi) is 6.25. The summed E-state index contributed by atoms with van der Waals surface area (Å²) < 4.78 is 0. The molecule has 3 nitrogen and oxygen atoms in total. The first-order valence-electron chi connectivity index (χ1n) is 15.2. The van der Waals surface area contributed by atoms with Crippen molar-refractivity contribution < 1.29 is 0 Å². The lowest BCUT2D eigenvalue weighted by Gasteiger charge is -2.38. The molecule has 2 heterocycles. The molecular weight excluding hydrogens is 510 g/mol. The van der Waals surface area contributed by atoms with Gasteiger partial charge >= 0.3 is 0 Å². The van der Waals surface area contributed by atoms with Crippen LogP contribution in [0.5, 0.6) is 0 Å². The summed E-state index contributed by atoms with van der Waals surface area (Å²) in [6.07, 6.45) is 1.25. The van der Waals surface area contributed by atoms with E-state index in [2.05, 4.69) is 165 Å². The molecule has 8 rings (SSSR count). The van der Waals surface area contributed by atoms with E-state index in [1.165, 1.54) is 68.2 Å². The molecule has 5 aromatic carbocycles. The van der Waals surface area contributed by atoms with E-state index in [0.717, 1.165) is 6.54 Å². The molecular formula is C39H39N3. The highest BCUT2D eigenvalue weighted by molar-refractivity contribution is 5.89. The molecule has 0 aromatic heterocycles. The fourth-order valence-corrected chi connectivity index (χ4v) is 6.95. The van der Waals surface area contributed by atoms with Crippen molar-refractivity contribution in [1.29, 1.82) is 0 Å². The van der Waals surface area contributed by atoms with Crippen LogP contribution in [0.4, 0.5) is 28.4 Å². The van der Waals surface area contributed by atoms with Crippen molar-refractivity contribution in [3.05, 3.63) is 138 Å². The molecule has 2 aliphatic heterocycles. The van der Waals surface area contributed by atoms with E-state index in [9.17, 15) is 0 Å². The number of fused-ring (bicyclic) bond motifs is 7. The third-order valence-corrected chi connectivity index (χ3v) is 9.17. The first-order valence-corrected chi connectivity index (χ1v) is 15.2. The Labute approximate surface area is 250 Å². The first kappa shape index (κ1) is 26.6. The number of nitrogens with zero attached hydrogens (tertiary/aromatic N) is 2. The standard InChI is InChI=1S/C36H31N3.C3H8/c1-35(2)29-14-8-7-13-27(29)28-19-17-25(21-31(28)35)38(3)26-18-20-34-32(22-26)36(23-37-36)30-15-9-10-16-33(30)39(34)24-11-5-4-6-12-24;1-3-2/h4-22,37H,23H2,1-3H3;3H2,1-2H3. The van der Waals surface area contributed by atoms with E-state index < -0.39 is 0 Å². The number of anilines is 5. The summed E-state index contributed by atoms with van der Waals surface area (Å²) in [5, 5.41) is 3.75. The quantitative estimate of drug-likeness (QED) is 0.227. The van der Waals surface area contributed by atoms with Crippen LogP contribution in [-0.2, 0) is 11.0 Å². The predicted molar refractivity (Wildman–Crippen MR) is 178 cm³/mol. The van der Waals surface area contributed by atoms with E-state index in [4.69, 9.17) is 0 Å². The molecule has 1 atom stereocenters. The summed E-state index contributed by atoms with van der Waals surface area (Å²) in [4.78, 5) is 4.75. The molecule has 3 aliphatic rings. The molecule has 0 bridgehead atoms. The van der Waals surface area contributed by atoms with Crippen LogP contribution in [0.1, 0.15) is 56.4 Å². The highest BCUT2D eigenvalue weighted by atomic mass is 15.2. The minimum Gasteiger partial charge on any atom is -0.345 e. The van der Waals surface area contributed by atoms with Gasteiger partial charge in [0.25, 0.3) is 0 Å². The van der Waals surface area contributed by atoms with Crippen LogP contribution in [-0.4, -0.2) is 13.6 Å². The lowest BCUT2D eigenvalue weighted by Crippen LogP contribution is -2.28. The zero-order chi connectivity index (χ0) is 29.1. The number of hydrogen-bond acceptors (Lipinski definition) is 3. The van der Waals surface area contributed by atoms with Crippen LogP contribution in [0.2, 0.25) is 0 Å². The largest absolute Gasteiger partial charge is 0.345 e. The minimum atomic E-state index is -0.129. The Hall–Kier alpha value is -4.34. The van der Waals surface area contributed by atoms with Crippen molar-refractivity contribution >= 4 is 28.4 Å². The molecule has 0 radical (unpaired) electrons.